The maximum absolute atomic E-state index is 11.3. The molecule has 0 saturated heterocycles. The molecule has 1 unspecified atom stereocenters. The van der Waals surface area contributed by atoms with E-state index in [0.717, 1.165) is 14.9 Å². The van der Waals surface area contributed by atoms with Gasteiger partial charge in [0.15, 0.2) is 5.16 Å². The molecular formula is C13H14BrN3OS. The van der Waals surface area contributed by atoms with Gasteiger partial charge < -0.3 is 10.3 Å². The van der Waals surface area contributed by atoms with Gasteiger partial charge in [-0.2, -0.15) is 0 Å². The van der Waals surface area contributed by atoms with Crippen LogP contribution in [0.5, 0.6) is 0 Å². The second-order valence-corrected chi connectivity index (χ2v) is 5.98. The first-order valence-electron chi connectivity index (χ1n) is 5.80. The molecule has 2 aromatic rings. The number of aromatic nitrogens is 2. The number of benzene rings is 1. The highest BCUT2D eigenvalue weighted by molar-refractivity contribution is 9.10. The predicted octanol–water partition coefficient (Wildman–Crippen LogP) is 2.96. The summed E-state index contributed by atoms with van der Waals surface area (Å²) in [5.74, 6) is 0. The molecule has 0 amide bonds. The van der Waals surface area contributed by atoms with Crippen molar-refractivity contribution < 1.29 is 0 Å². The molecule has 0 radical (unpaired) electrons. The number of hydrogen-bond acceptors (Lipinski definition) is 4. The quantitative estimate of drug-likeness (QED) is 0.841. The average Bonchev–Trinajstić information content (AvgIpc) is 2.40. The van der Waals surface area contributed by atoms with E-state index >= 15 is 0 Å². The molecule has 0 aliphatic heterocycles. The Morgan fingerprint density at radius 1 is 1.42 bits per heavy atom. The molecular weight excluding hydrogens is 326 g/mol. The maximum Gasteiger partial charge on any atom is 0.251 e. The third-order valence-electron chi connectivity index (χ3n) is 2.73. The Labute approximate surface area is 124 Å². The molecule has 100 valence electrons. The molecule has 2 N–H and O–H groups in total. The van der Waals surface area contributed by atoms with Crippen LogP contribution in [0.3, 0.4) is 0 Å². The predicted molar refractivity (Wildman–Crippen MR) is 80.6 cm³/mol. The fraction of sp³-hybridized carbons (Fsp3) is 0.231. The minimum Gasteiger partial charge on any atom is -0.313 e. The van der Waals surface area contributed by atoms with E-state index in [1.54, 1.807) is 0 Å². The second kappa shape index (κ2) is 6.36. The highest BCUT2D eigenvalue weighted by atomic mass is 79.9. The molecule has 1 heterocycles. The van der Waals surface area contributed by atoms with Gasteiger partial charge in [-0.15, -0.1) is 0 Å². The largest absolute Gasteiger partial charge is 0.313 e. The first-order valence-corrected chi connectivity index (χ1v) is 7.41. The summed E-state index contributed by atoms with van der Waals surface area (Å²) in [5.41, 5.74) is 1.02. The van der Waals surface area contributed by atoms with E-state index in [1.807, 2.05) is 19.2 Å². The van der Waals surface area contributed by atoms with Gasteiger partial charge in [-0.05, 0) is 37.7 Å². The van der Waals surface area contributed by atoms with Gasteiger partial charge in [0.05, 0.1) is 0 Å². The van der Waals surface area contributed by atoms with Crippen molar-refractivity contribution in [2.24, 2.45) is 0 Å². The topological polar surface area (TPSA) is 57.8 Å². The van der Waals surface area contributed by atoms with Crippen LogP contribution in [-0.4, -0.2) is 17.0 Å². The summed E-state index contributed by atoms with van der Waals surface area (Å²) in [5, 5.41) is 3.82. The fourth-order valence-corrected chi connectivity index (χ4v) is 2.96. The number of nitrogens with one attached hydrogen (secondary N) is 2. The number of H-pyrrole nitrogens is 1. The first kappa shape index (κ1) is 14.3. The number of rotatable bonds is 4. The van der Waals surface area contributed by atoms with Crippen LogP contribution in [-0.2, 0) is 0 Å². The van der Waals surface area contributed by atoms with Crippen molar-refractivity contribution in [2.45, 2.75) is 23.0 Å². The Balaban J connectivity index is 2.37. The van der Waals surface area contributed by atoms with Crippen LogP contribution < -0.4 is 10.9 Å². The maximum atomic E-state index is 11.3. The molecule has 2 rings (SSSR count). The lowest BCUT2D eigenvalue weighted by molar-refractivity contribution is 0.641. The SMILES string of the molecule is CNC(C)c1cc(Br)ccc1Sc1nccc(=O)[nH]1. The van der Waals surface area contributed by atoms with Gasteiger partial charge in [0.25, 0.3) is 5.56 Å². The highest BCUT2D eigenvalue weighted by Crippen LogP contribution is 2.32. The molecule has 0 spiro atoms. The van der Waals surface area contributed by atoms with E-state index in [2.05, 4.69) is 44.2 Å². The van der Waals surface area contributed by atoms with Crippen LogP contribution in [0.2, 0.25) is 0 Å². The molecule has 19 heavy (non-hydrogen) atoms. The number of hydrogen-bond donors (Lipinski definition) is 2. The van der Waals surface area contributed by atoms with E-state index in [-0.39, 0.29) is 11.6 Å². The lowest BCUT2D eigenvalue weighted by Crippen LogP contribution is -2.13. The first-order chi connectivity index (χ1) is 9.10. The Hall–Kier alpha value is -1.11. The number of aromatic amines is 1. The average molecular weight is 340 g/mol. The molecule has 0 aliphatic carbocycles. The van der Waals surface area contributed by atoms with Crippen LogP contribution in [0.4, 0.5) is 0 Å². The zero-order valence-electron chi connectivity index (χ0n) is 10.6. The third-order valence-corrected chi connectivity index (χ3v) is 4.21. The minimum absolute atomic E-state index is 0.141. The molecule has 1 aromatic carbocycles. The van der Waals surface area contributed by atoms with Crippen molar-refractivity contribution in [3.8, 4) is 0 Å². The lowest BCUT2D eigenvalue weighted by atomic mass is 10.1. The van der Waals surface area contributed by atoms with E-state index in [9.17, 15) is 4.79 Å². The van der Waals surface area contributed by atoms with Gasteiger partial charge in [0.2, 0.25) is 0 Å². The van der Waals surface area contributed by atoms with Crippen LogP contribution in [0, 0.1) is 0 Å². The van der Waals surface area contributed by atoms with Crippen molar-refractivity contribution in [3.63, 3.8) is 0 Å². The zero-order valence-corrected chi connectivity index (χ0v) is 13.0. The summed E-state index contributed by atoms with van der Waals surface area (Å²) >= 11 is 4.93. The second-order valence-electron chi connectivity index (χ2n) is 4.03. The summed E-state index contributed by atoms with van der Waals surface area (Å²) in [6.45, 7) is 2.09. The van der Waals surface area contributed by atoms with Gasteiger partial charge in [-0.25, -0.2) is 4.98 Å². The Morgan fingerprint density at radius 3 is 2.89 bits per heavy atom. The molecule has 6 heteroatoms. The molecule has 1 aromatic heterocycles. The molecule has 1 atom stereocenters. The van der Waals surface area contributed by atoms with E-state index < -0.39 is 0 Å². The van der Waals surface area contributed by atoms with E-state index in [1.165, 1.54) is 24.0 Å². The summed E-state index contributed by atoms with van der Waals surface area (Å²) in [6.07, 6.45) is 1.52. The molecule has 4 nitrogen and oxygen atoms in total. The van der Waals surface area contributed by atoms with Gasteiger partial charge >= 0.3 is 0 Å². The lowest BCUT2D eigenvalue weighted by Gasteiger charge is -2.15. The fourth-order valence-electron chi connectivity index (χ4n) is 1.61. The summed E-state index contributed by atoms with van der Waals surface area (Å²) in [6, 6.07) is 7.70. The summed E-state index contributed by atoms with van der Waals surface area (Å²) in [4.78, 5) is 19.2. The van der Waals surface area contributed by atoms with Crippen LogP contribution >= 0.6 is 27.7 Å². The molecule has 0 bridgehead atoms. The zero-order chi connectivity index (χ0) is 13.8. The van der Waals surface area contributed by atoms with Gasteiger partial charge in [-0.1, -0.05) is 27.7 Å². The summed E-state index contributed by atoms with van der Waals surface area (Å²) in [7, 11) is 1.92. The summed E-state index contributed by atoms with van der Waals surface area (Å²) < 4.78 is 1.03. The van der Waals surface area contributed by atoms with E-state index in [4.69, 9.17) is 0 Å². The number of halogens is 1. The van der Waals surface area contributed by atoms with E-state index in [0.29, 0.717) is 5.16 Å². The van der Waals surface area contributed by atoms with Crippen molar-refractivity contribution >= 4 is 27.7 Å². The van der Waals surface area contributed by atoms with Gasteiger partial charge in [0.1, 0.15) is 0 Å². The third kappa shape index (κ3) is 3.68. The number of nitrogens with zero attached hydrogens (tertiary/aromatic N) is 1. The smallest absolute Gasteiger partial charge is 0.251 e. The monoisotopic (exact) mass is 339 g/mol. The minimum atomic E-state index is -0.141. The Bertz CT molecular complexity index is 629. The van der Waals surface area contributed by atoms with Crippen LogP contribution in [0.25, 0.3) is 0 Å². The van der Waals surface area contributed by atoms with Gasteiger partial charge in [-0.3, -0.25) is 4.79 Å². The van der Waals surface area contributed by atoms with Crippen LogP contribution in [0.15, 0.2) is 49.8 Å². The van der Waals surface area contributed by atoms with Gasteiger partial charge in [0, 0.05) is 27.7 Å². The van der Waals surface area contributed by atoms with Crippen molar-refractivity contribution in [1.29, 1.82) is 0 Å². The normalized spacial score (nSPS) is 12.4. The molecule has 0 saturated carbocycles. The Kier molecular flexibility index (Phi) is 4.79. The van der Waals surface area contributed by atoms with Crippen molar-refractivity contribution in [2.75, 3.05) is 7.05 Å². The molecule has 0 fully saturated rings. The highest BCUT2D eigenvalue weighted by Gasteiger charge is 2.11. The van der Waals surface area contributed by atoms with Crippen LogP contribution in [0.1, 0.15) is 18.5 Å². The molecule has 0 aliphatic rings. The Morgan fingerprint density at radius 2 is 2.21 bits per heavy atom. The van der Waals surface area contributed by atoms with Crippen molar-refractivity contribution in [1.82, 2.24) is 15.3 Å². The van der Waals surface area contributed by atoms with Crippen molar-refractivity contribution in [3.05, 3.63) is 50.9 Å². The standard InChI is InChI=1S/C13H14BrN3OS/c1-8(15-2)10-7-9(14)3-4-11(10)19-13-16-6-5-12(18)17-13/h3-8,15H,1-2H3,(H,16,17,18).